The van der Waals surface area contributed by atoms with Gasteiger partial charge in [-0.25, -0.2) is 0 Å². The molecule has 0 spiro atoms. The zero-order chi connectivity index (χ0) is 13.2. The Morgan fingerprint density at radius 3 is 2.18 bits per heavy atom. The SMILES string of the molecule is COc1c(C(C)(C)CO)cc(Cl)c(C)c1OC. The number of aliphatic hydroxyl groups is 1. The second-order valence-corrected chi connectivity index (χ2v) is 5.05. The highest BCUT2D eigenvalue weighted by atomic mass is 35.5. The Morgan fingerprint density at radius 1 is 1.24 bits per heavy atom. The topological polar surface area (TPSA) is 38.7 Å². The Bertz CT molecular complexity index is 414. The van der Waals surface area contributed by atoms with E-state index in [4.69, 9.17) is 21.1 Å². The monoisotopic (exact) mass is 258 g/mol. The summed E-state index contributed by atoms with van der Waals surface area (Å²) in [5, 5.41) is 10.1. The molecule has 0 saturated heterocycles. The van der Waals surface area contributed by atoms with Gasteiger partial charge in [0, 0.05) is 21.6 Å². The predicted octanol–water partition coefficient (Wildman–Crippen LogP) is 2.94. The van der Waals surface area contributed by atoms with Gasteiger partial charge in [-0.3, -0.25) is 0 Å². The summed E-state index contributed by atoms with van der Waals surface area (Å²) in [4.78, 5) is 0. The smallest absolute Gasteiger partial charge is 0.165 e. The van der Waals surface area contributed by atoms with Crippen molar-refractivity contribution in [3.63, 3.8) is 0 Å². The van der Waals surface area contributed by atoms with Crippen LogP contribution in [-0.4, -0.2) is 25.9 Å². The second kappa shape index (κ2) is 5.15. The van der Waals surface area contributed by atoms with E-state index in [9.17, 15) is 5.11 Å². The lowest BCUT2D eigenvalue weighted by Gasteiger charge is -2.27. The van der Waals surface area contributed by atoms with Crippen LogP contribution >= 0.6 is 11.6 Å². The van der Waals surface area contributed by atoms with Crippen LogP contribution in [0, 0.1) is 6.92 Å². The average molecular weight is 259 g/mol. The van der Waals surface area contributed by atoms with Crippen LogP contribution in [0.15, 0.2) is 6.07 Å². The molecule has 0 unspecified atom stereocenters. The Hall–Kier alpha value is -0.930. The van der Waals surface area contributed by atoms with E-state index in [0.29, 0.717) is 16.5 Å². The van der Waals surface area contributed by atoms with Gasteiger partial charge < -0.3 is 14.6 Å². The molecule has 0 aliphatic heterocycles. The maximum atomic E-state index is 9.45. The predicted molar refractivity (Wildman–Crippen MR) is 69.4 cm³/mol. The van der Waals surface area contributed by atoms with Gasteiger partial charge in [-0.05, 0) is 13.0 Å². The van der Waals surface area contributed by atoms with Crippen molar-refractivity contribution in [3.05, 3.63) is 22.2 Å². The van der Waals surface area contributed by atoms with Gasteiger partial charge in [0.15, 0.2) is 11.5 Å². The number of hydrogen-bond donors (Lipinski definition) is 1. The molecule has 96 valence electrons. The standard InChI is InChI=1S/C13H19ClO3/c1-8-10(14)6-9(13(2,3)7-15)12(17-5)11(8)16-4/h6,15H,7H2,1-5H3. The number of ether oxygens (including phenoxy) is 2. The first-order chi connectivity index (χ1) is 7.88. The Morgan fingerprint density at radius 2 is 1.76 bits per heavy atom. The van der Waals surface area contributed by atoms with Crippen molar-refractivity contribution >= 4 is 11.6 Å². The van der Waals surface area contributed by atoms with Gasteiger partial charge in [0.2, 0.25) is 0 Å². The molecule has 1 rings (SSSR count). The first-order valence-electron chi connectivity index (χ1n) is 5.41. The molecule has 1 aromatic carbocycles. The minimum absolute atomic E-state index is 0.00586. The number of halogens is 1. The first-order valence-corrected chi connectivity index (χ1v) is 5.79. The number of aliphatic hydroxyl groups excluding tert-OH is 1. The lowest BCUT2D eigenvalue weighted by atomic mass is 9.84. The van der Waals surface area contributed by atoms with E-state index in [1.807, 2.05) is 26.8 Å². The van der Waals surface area contributed by atoms with E-state index < -0.39 is 5.41 Å². The highest BCUT2D eigenvalue weighted by Gasteiger charge is 2.28. The Kier molecular flexibility index (Phi) is 4.28. The van der Waals surface area contributed by atoms with Gasteiger partial charge in [0.05, 0.1) is 20.8 Å². The summed E-state index contributed by atoms with van der Waals surface area (Å²) in [6, 6.07) is 1.83. The van der Waals surface area contributed by atoms with E-state index in [-0.39, 0.29) is 6.61 Å². The molecule has 3 nitrogen and oxygen atoms in total. The van der Waals surface area contributed by atoms with Crippen molar-refractivity contribution < 1.29 is 14.6 Å². The molecule has 0 aliphatic rings. The lowest BCUT2D eigenvalue weighted by molar-refractivity contribution is 0.213. The highest BCUT2D eigenvalue weighted by Crippen LogP contribution is 2.43. The third-order valence-corrected chi connectivity index (χ3v) is 3.35. The zero-order valence-corrected chi connectivity index (χ0v) is 11.7. The van der Waals surface area contributed by atoms with Crippen LogP contribution in [0.4, 0.5) is 0 Å². The van der Waals surface area contributed by atoms with Crippen molar-refractivity contribution in [1.29, 1.82) is 0 Å². The largest absolute Gasteiger partial charge is 0.493 e. The number of methoxy groups -OCH3 is 2. The van der Waals surface area contributed by atoms with Gasteiger partial charge in [0.1, 0.15) is 0 Å². The van der Waals surface area contributed by atoms with E-state index in [0.717, 1.165) is 11.1 Å². The molecule has 0 atom stereocenters. The molecule has 0 fully saturated rings. The van der Waals surface area contributed by atoms with E-state index in [1.165, 1.54) is 0 Å². The van der Waals surface area contributed by atoms with Crippen molar-refractivity contribution in [2.45, 2.75) is 26.2 Å². The van der Waals surface area contributed by atoms with Crippen LogP contribution in [-0.2, 0) is 5.41 Å². The summed E-state index contributed by atoms with van der Waals surface area (Å²) in [5.74, 6) is 1.25. The summed E-state index contributed by atoms with van der Waals surface area (Å²) < 4.78 is 10.7. The van der Waals surface area contributed by atoms with E-state index in [1.54, 1.807) is 14.2 Å². The fourth-order valence-electron chi connectivity index (χ4n) is 1.74. The quantitative estimate of drug-likeness (QED) is 0.903. The van der Waals surface area contributed by atoms with Crippen LogP contribution in [0.5, 0.6) is 11.5 Å². The first kappa shape index (κ1) is 14.1. The minimum Gasteiger partial charge on any atom is -0.493 e. The van der Waals surface area contributed by atoms with E-state index >= 15 is 0 Å². The second-order valence-electron chi connectivity index (χ2n) is 4.64. The Labute approximate surface area is 107 Å². The third kappa shape index (κ3) is 2.50. The van der Waals surface area contributed by atoms with Gasteiger partial charge in [-0.15, -0.1) is 0 Å². The summed E-state index contributed by atoms with van der Waals surface area (Å²) in [5.41, 5.74) is 1.24. The van der Waals surface area contributed by atoms with Crippen LogP contribution in [0.3, 0.4) is 0 Å². The summed E-state index contributed by atoms with van der Waals surface area (Å²) in [6.45, 7) is 5.73. The van der Waals surface area contributed by atoms with Crippen molar-refractivity contribution in [2.24, 2.45) is 0 Å². The molecule has 4 heteroatoms. The van der Waals surface area contributed by atoms with Gasteiger partial charge in [0.25, 0.3) is 0 Å². The lowest BCUT2D eigenvalue weighted by Crippen LogP contribution is -2.23. The molecule has 0 amide bonds. The van der Waals surface area contributed by atoms with Crippen molar-refractivity contribution in [1.82, 2.24) is 0 Å². The zero-order valence-electron chi connectivity index (χ0n) is 10.9. The highest BCUT2D eigenvalue weighted by molar-refractivity contribution is 6.31. The van der Waals surface area contributed by atoms with Gasteiger partial charge in [-0.1, -0.05) is 25.4 Å². The number of rotatable bonds is 4. The fourth-order valence-corrected chi connectivity index (χ4v) is 1.93. The minimum atomic E-state index is -0.435. The van der Waals surface area contributed by atoms with Crippen LogP contribution in [0.2, 0.25) is 5.02 Å². The molecule has 17 heavy (non-hydrogen) atoms. The summed E-state index contributed by atoms with van der Waals surface area (Å²) in [7, 11) is 3.17. The summed E-state index contributed by atoms with van der Waals surface area (Å²) in [6.07, 6.45) is 0. The van der Waals surface area contributed by atoms with E-state index in [2.05, 4.69) is 0 Å². The van der Waals surface area contributed by atoms with Crippen LogP contribution in [0.1, 0.15) is 25.0 Å². The molecular formula is C13H19ClO3. The number of hydrogen-bond acceptors (Lipinski definition) is 3. The molecular weight excluding hydrogens is 240 g/mol. The normalized spacial score (nSPS) is 11.5. The molecule has 0 radical (unpaired) electrons. The van der Waals surface area contributed by atoms with Gasteiger partial charge >= 0.3 is 0 Å². The Balaban J connectivity index is 3.56. The van der Waals surface area contributed by atoms with Crippen LogP contribution < -0.4 is 9.47 Å². The molecule has 1 N–H and O–H groups in total. The van der Waals surface area contributed by atoms with Crippen LogP contribution in [0.25, 0.3) is 0 Å². The van der Waals surface area contributed by atoms with Crippen molar-refractivity contribution in [2.75, 3.05) is 20.8 Å². The maximum absolute atomic E-state index is 9.45. The molecule has 0 aromatic heterocycles. The fraction of sp³-hybridized carbons (Fsp3) is 0.538. The van der Waals surface area contributed by atoms with Gasteiger partial charge in [-0.2, -0.15) is 0 Å². The molecule has 0 saturated carbocycles. The summed E-state index contributed by atoms with van der Waals surface area (Å²) >= 11 is 6.17. The average Bonchev–Trinajstić information content (AvgIpc) is 2.31. The third-order valence-electron chi connectivity index (χ3n) is 2.95. The number of benzene rings is 1. The molecule has 0 bridgehead atoms. The molecule has 1 aromatic rings. The molecule has 0 aliphatic carbocycles. The molecule has 0 heterocycles. The maximum Gasteiger partial charge on any atom is 0.165 e. The van der Waals surface area contributed by atoms with Crippen molar-refractivity contribution in [3.8, 4) is 11.5 Å².